The summed E-state index contributed by atoms with van der Waals surface area (Å²) in [6.45, 7) is 6.63. The molecule has 3 aliphatic rings. The lowest BCUT2D eigenvalue weighted by atomic mass is 9.94. The summed E-state index contributed by atoms with van der Waals surface area (Å²) in [5, 5.41) is 0. The summed E-state index contributed by atoms with van der Waals surface area (Å²) in [6.07, 6.45) is 5.26. The summed E-state index contributed by atoms with van der Waals surface area (Å²) in [7, 11) is 0. The van der Waals surface area contributed by atoms with Gasteiger partial charge in [0.05, 0.1) is 26.4 Å². The zero-order valence-electron chi connectivity index (χ0n) is 14.7. The van der Waals surface area contributed by atoms with E-state index in [1.807, 2.05) is 17.0 Å². The van der Waals surface area contributed by atoms with Gasteiger partial charge in [-0.3, -0.25) is 9.78 Å². The molecule has 4 heterocycles. The molecule has 0 aliphatic carbocycles. The molecule has 6 nitrogen and oxygen atoms in total. The minimum absolute atomic E-state index is 0.0305. The lowest BCUT2D eigenvalue weighted by Crippen LogP contribution is -2.46. The van der Waals surface area contributed by atoms with Crippen molar-refractivity contribution in [2.24, 2.45) is 5.92 Å². The molecular weight excluding hydrogens is 318 g/mol. The maximum atomic E-state index is 12.8. The molecule has 2 atom stereocenters. The van der Waals surface area contributed by atoms with E-state index >= 15 is 0 Å². The highest BCUT2D eigenvalue weighted by Gasteiger charge is 2.44. The Balaban J connectivity index is 1.42. The summed E-state index contributed by atoms with van der Waals surface area (Å²) in [5.41, 5.74) is 0.136. The Hall–Kier alpha value is -1.50. The monoisotopic (exact) mass is 345 g/mol. The zero-order valence-corrected chi connectivity index (χ0v) is 14.7. The topological polar surface area (TPSA) is 54.9 Å². The minimum atomic E-state index is -0.356. The molecule has 0 radical (unpaired) electrons. The van der Waals surface area contributed by atoms with Gasteiger partial charge >= 0.3 is 0 Å². The Bertz CT molecular complexity index is 591. The average molecular weight is 345 g/mol. The van der Waals surface area contributed by atoms with Crippen LogP contribution in [0.25, 0.3) is 0 Å². The van der Waals surface area contributed by atoms with Gasteiger partial charge in [0, 0.05) is 19.3 Å². The maximum absolute atomic E-state index is 12.8. The van der Waals surface area contributed by atoms with Crippen LogP contribution in [-0.2, 0) is 9.47 Å². The SMILES string of the molecule is O=C(c1ccccn1)N1CCOCC2(CC(CN3CCCC3)CO2)C1. The molecule has 3 aliphatic heterocycles. The van der Waals surface area contributed by atoms with Gasteiger partial charge in [-0.25, -0.2) is 0 Å². The average Bonchev–Trinajstić information content (AvgIpc) is 3.23. The van der Waals surface area contributed by atoms with Crippen LogP contribution in [0.15, 0.2) is 24.4 Å². The lowest BCUT2D eigenvalue weighted by molar-refractivity contribution is -0.0539. The van der Waals surface area contributed by atoms with Gasteiger partial charge in [0.15, 0.2) is 0 Å². The number of hydrogen-bond acceptors (Lipinski definition) is 5. The fraction of sp³-hybridized carbons (Fsp3) is 0.684. The van der Waals surface area contributed by atoms with Crippen molar-refractivity contribution in [3.05, 3.63) is 30.1 Å². The molecular formula is C19H27N3O3. The van der Waals surface area contributed by atoms with Crippen molar-refractivity contribution < 1.29 is 14.3 Å². The third-order valence-corrected chi connectivity index (χ3v) is 5.52. The number of hydrogen-bond donors (Lipinski definition) is 0. The Labute approximate surface area is 149 Å². The number of carbonyl (C=O) groups excluding carboxylic acids is 1. The number of pyridine rings is 1. The van der Waals surface area contributed by atoms with Gasteiger partial charge in [-0.05, 0) is 50.4 Å². The molecule has 25 heavy (non-hydrogen) atoms. The molecule has 2 unspecified atom stereocenters. The van der Waals surface area contributed by atoms with E-state index in [0.717, 1.165) is 19.6 Å². The fourth-order valence-corrected chi connectivity index (χ4v) is 4.33. The first-order chi connectivity index (χ1) is 12.2. The molecule has 0 aromatic carbocycles. The van der Waals surface area contributed by atoms with E-state index in [2.05, 4.69) is 9.88 Å². The fourth-order valence-electron chi connectivity index (χ4n) is 4.33. The summed E-state index contributed by atoms with van der Waals surface area (Å²) >= 11 is 0. The van der Waals surface area contributed by atoms with Crippen LogP contribution in [0.4, 0.5) is 0 Å². The zero-order chi connectivity index (χ0) is 17.1. The quantitative estimate of drug-likeness (QED) is 0.829. The second-order valence-electron chi connectivity index (χ2n) is 7.57. The van der Waals surface area contributed by atoms with Gasteiger partial charge in [0.2, 0.25) is 0 Å². The summed E-state index contributed by atoms with van der Waals surface area (Å²) < 4.78 is 12.0. The van der Waals surface area contributed by atoms with Crippen molar-refractivity contribution in [2.45, 2.75) is 24.9 Å². The molecule has 0 bridgehead atoms. The molecule has 3 fully saturated rings. The van der Waals surface area contributed by atoms with E-state index < -0.39 is 0 Å². The first kappa shape index (κ1) is 16.9. The van der Waals surface area contributed by atoms with Gasteiger partial charge in [0.1, 0.15) is 11.3 Å². The summed E-state index contributed by atoms with van der Waals surface area (Å²) in [6, 6.07) is 5.45. The van der Waals surface area contributed by atoms with Crippen molar-refractivity contribution in [1.82, 2.24) is 14.8 Å². The standard InChI is InChI=1S/C19H27N3O3/c23-18(17-5-1-2-6-20-17)22-9-10-24-15-19(14-22)11-16(13-25-19)12-21-7-3-4-8-21/h1-2,5-6,16H,3-4,7-15H2. The third kappa shape index (κ3) is 3.86. The summed E-state index contributed by atoms with van der Waals surface area (Å²) in [4.78, 5) is 21.4. The van der Waals surface area contributed by atoms with Gasteiger partial charge in [-0.2, -0.15) is 0 Å². The Morgan fingerprint density at radius 1 is 1.28 bits per heavy atom. The highest BCUT2D eigenvalue weighted by atomic mass is 16.5. The largest absolute Gasteiger partial charge is 0.377 e. The Morgan fingerprint density at radius 3 is 2.96 bits per heavy atom. The van der Waals surface area contributed by atoms with E-state index in [0.29, 0.717) is 37.9 Å². The van der Waals surface area contributed by atoms with Crippen LogP contribution < -0.4 is 0 Å². The van der Waals surface area contributed by atoms with Crippen LogP contribution in [0, 0.1) is 5.92 Å². The predicted molar refractivity (Wildman–Crippen MR) is 93.4 cm³/mol. The Morgan fingerprint density at radius 2 is 2.16 bits per heavy atom. The maximum Gasteiger partial charge on any atom is 0.272 e. The van der Waals surface area contributed by atoms with E-state index in [1.54, 1.807) is 12.3 Å². The van der Waals surface area contributed by atoms with E-state index in [-0.39, 0.29) is 11.5 Å². The van der Waals surface area contributed by atoms with Crippen molar-refractivity contribution in [2.75, 3.05) is 52.5 Å². The molecule has 1 aromatic heterocycles. The van der Waals surface area contributed by atoms with Crippen LogP contribution in [0.1, 0.15) is 29.8 Å². The third-order valence-electron chi connectivity index (χ3n) is 5.52. The molecule has 3 saturated heterocycles. The van der Waals surface area contributed by atoms with Gasteiger partial charge in [-0.15, -0.1) is 0 Å². The second-order valence-corrected chi connectivity index (χ2v) is 7.57. The van der Waals surface area contributed by atoms with Crippen molar-refractivity contribution >= 4 is 5.91 Å². The number of aromatic nitrogens is 1. The van der Waals surface area contributed by atoms with Crippen LogP contribution in [0.3, 0.4) is 0 Å². The van der Waals surface area contributed by atoms with Crippen molar-refractivity contribution in [3.8, 4) is 0 Å². The molecule has 1 amide bonds. The first-order valence-corrected chi connectivity index (χ1v) is 9.38. The number of likely N-dealkylation sites (tertiary alicyclic amines) is 1. The van der Waals surface area contributed by atoms with Crippen LogP contribution in [0.5, 0.6) is 0 Å². The number of ether oxygens (including phenoxy) is 2. The van der Waals surface area contributed by atoms with Crippen molar-refractivity contribution in [3.63, 3.8) is 0 Å². The van der Waals surface area contributed by atoms with Crippen LogP contribution in [0.2, 0.25) is 0 Å². The van der Waals surface area contributed by atoms with Gasteiger partial charge < -0.3 is 19.3 Å². The molecule has 0 N–H and O–H groups in total. The van der Waals surface area contributed by atoms with Crippen LogP contribution in [-0.4, -0.2) is 78.8 Å². The highest BCUT2D eigenvalue weighted by Crippen LogP contribution is 2.34. The highest BCUT2D eigenvalue weighted by molar-refractivity contribution is 5.92. The summed E-state index contributed by atoms with van der Waals surface area (Å²) in [5.74, 6) is 0.503. The normalized spacial score (nSPS) is 30.7. The molecule has 4 rings (SSSR count). The van der Waals surface area contributed by atoms with E-state index in [9.17, 15) is 4.79 Å². The van der Waals surface area contributed by atoms with Gasteiger partial charge in [0.25, 0.3) is 5.91 Å². The minimum Gasteiger partial charge on any atom is -0.377 e. The number of nitrogens with zero attached hydrogens (tertiary/aromatic N) is 3. The smallest absolute Gasteiger partial charge is 0.272 e. The van der Waals surface area contributed by atoms with E-state index in [4.69, 9.17) is 9.47 Å². The Kier molecular flexibility index (Phi) is 5.01. The second kappa shape index (κ2) is 7.40. The molecule has 0 saturated carbocycles. The molecule has 136 valence electrons. The number of rotatable bonds is 3. The number of amides is 1. The first-order valence-electron chi connectivity index (χ1n) is 9.38. The molecule has 1 spiro atoms. The molecule has 6 heteroatoms. The van der Waals surface area contributed by atoms with E-state index in [1.165, 1.54) is 25.9 Å². The molecule has 1 aromatic rings. The lowest BCUT2D eigenvalue weighted by Gasteiger charge is -2.31. The van der Waals surface area contributed by atoms with Crippen LogP contribution >= 0.6 is 0 Å². The van der Waals surface area contributed by atoms with Gasteiger partial charge in [-0.1, -0.05) is 6.07 Å². The predicted octanol–water partition coefficient (Wildman–Crippen LogP) is 1.43. The van der Waals surface area contributed by atoms with Crippen molar-refractivity contribution in [1.29, 1.82) is 0 Å². The number of carbonyl (C=O) groups is 1.